The molecule has 1 heterocycles. The van der Waals surface area contributed by atoms with Crippen LogP contribution in [0.2, 0.25) is 0 Å². The number of benzene rings is 2. The lowest BCUT2D eigenvalue weighted by molar-refractivity contribution is -0.123. The number of hydrogen-bond donors (Lipinski definition) is 2. The van der Waals surface area contributed by atoms with Gasteiger partial charge in [-0.25, -0.2) is 0 Å². The first-order valence-corrected chi connectivity index (χ1v) is 12.7. The Morgan fingerprint density at radius 3 is 2.50 bits per heavy atom. The van der Waals surface area contributed by atoms with E-state index in [0.717, 1.165) is 17.5 Å². The quantitative estimate of drug-likeness (QED) is 0.207. The third-order valence-electron chi connectivity index (χ3n) is 5.57. The summed E-state index contributed by atoms with van der Waals surface area (Å²) in [6.07, 6.45) is 4.13. The number of hydrazine groups is 1. The Morgan fingerprint density at radius 2 is 1.78 bits per heavy atom. The lowest BCUT2D eigenvalue weighted by atomic mass is 10.1. The number of methoxy groups -OCH3 is 2. The molecule has 2 aromatic carbocycles. The maximum Gasteiger partial charge on any atom is 0.269 e. The van der Waals surface area contributed by atoms with E-state index in [1.165, 1.54) is 11.8 Å². The fraction of sp³-hybridized carbons (Fsp3) is 0.308. The van der Waals surface area contributed by atoms with Gasteiger partial charge in [-0.1, -0.05) is 54.7 Å². The monoisotopic (exact) mass is 527 g/mol. The number of nitrogens with zero attached hydrogens (tertiary/aromatic N) is 1. The minimum atomic E-state index is -0.350. The summed E-state index contributed by atoms with van der Waals surface area (Å²) in [5.41, 5.74) is 7.05. The largest absolute Gasteiger partial charge is 0.493 e. The summed E-state index contributed by atoms with van der Waals surface area (Å²) < 4.78 is 11.1. The highest BCUT2D eigenvalue weighted by molar-refractivity contribution is 8.26. The number of nitrogens with one attached hydrogen (secondary N) is 2. The van der Waals surface area contributed by atoms with Gasteiger partial charge in [0.25, 0.3) is 11.8 Å². The van der Waals surface area contributed by atoms with E-state index in [-0.39, 0.29) is 24.1 Å². The highest BCUT2D eigenvalue weighted by Gasteiger charge is 2.31. The van der Waals surface area contributed by atoms with Crippen molar-refractivity contribution < 1.29 is 23.9 Å². The van der Waals surface area contributed by atoms with Gasteiger partial charge < -0.3 is 9.47 Å². The van der Waals surface area contributed by atoms with Gasteiger partial charge in [-0.05, 0) is 55.2 Å². The van der Waals surface area contributed by atoms with Crippen LogP contribution in [-0.4, -0.2) is 47.7 Å². The molecule has 10 heteroatoms. The minimum absolute atomic E-state index is 0.128. The van der Waals surface area contributed by atoms with Gasteiger partial charge in [0.05, 0.1) is 19.1 Å². The van der Waals surface area contributed by atoms with Crippen molar-refractivity contribution in [2.75, 3.05) is 20.8 Å². The van der Waals surface area contributed by atoms with Gasteiger partial charge in [-0.2, -0.15) is 0 Å². The third-order valence-corrected chi connectivity index (χ3v) is 6.95. The fourth-order valence-corrected chi connectivity index (χ4v) is 4.91. The zero-order chi connectivity index (χ0) is 26.1. The third kappa shape index (κ3) is 7.08. The maximum absolute atomic E-state index is 12.8. The van der Waals surface area contributed by atoms with Crippen molar-refractivity contribution in [1.29, 1.82) is 0 Å². The highest BCUT2D eigenvalue weighted by Crippen LogP contribution is 2.34. The van der Waals surface area contributed by atoms with Crippen molar-refractivity contribution in [3.63, 3.8) is 0 Å². The van der Waals surface area contributed by atoms with Gasteiger partial charge in [-0.3, -0.25) is 30.1 Å². The number of rotatable bonds is 10. The van der Waals surface area contributed by atoms with Gasteiger partial charge in [0, 0.05) is 18.5 Å². The highest BCUT2D eigenvalue weighted by atomic mass is 32.2. The summed E-state index contributed by atoms with van der Waals surface area (Å²) >= 11 is 6.67. The second-order valence-corrected chi connectivity index (χ2v) is 9.75. The van der Waals surface area contributed by atoms with Crippen LogP contribution in [0.1, 0.15) is 47.2 Å². The number of carbonyl (C=O) groups is 3. The standard InChI is InChI=1S/C26H29N3O5S2/c1-17-9-6-7-10-19(17)24(31)28-27-23(30)11-5-4-8-14-29-25(32)22(36-26(29)35)16-18-12-13-20(33-2)21(15-18)34-3/h6-7,9-10,12-13,15-16H,4-5,8,11,14H2,1-3H3,(H,27,30)(H,28,31)/b22-16-. The van der Waals surface area contributed by atoms with Gasteiger partial charge in [0.1, 0.15) is 4.32 Å². The number of hydrogen-bond acceptors (Lipinski definition) is 7. The molecule has 1 saturated heterocycles. The zero-order valence-electron chi connectivity index (χ0n) is 20.5. The van der Waals surface area contributed by atoms with Crippen LogP contribution in [0, 0.1) is 6.92 Å². The number of thioether (sulfide) groups is 1. The number of amides is 3. The molecular weight excluding hydrogens is 498 g/mol. The van der Waals surface area contributed by atoms with E-state index < -0.39 is 0 Å². The molecule has 1 fully saturated rings. The average Bonchev–Trinajstić information content (AvgIpc) is 3.14. The molecule has 8 nitrogen and oxygen atoms in total. The van der Waals surface area contributed by atoms with Crippen LogP contribution in [-0.2, 0) is 9.59 Å². The average molecular weight is 528 g/mol. The number of unbranched alkanes of at least 4 members (excludes halogenated alkanes) is 2. The Bertz CT molecular complexity index is 1180. The predicted molar refractivity (Wildman–Crippen MR) is 145 cm³/mol. The van der Waals surface area contributed by atoms with E-state index in [2.05, 4.69) is 10.9 Å². The molecule has 0 bridgehead atoms. The van der Waals surface area contributed by atoms with Crippen LogP contribution in [0.5, 0.6) is 11.5 Å². The van der Waals surface area contributed by atoms with Crippen LogP contribution >= 0.6 is 24.0 Å². The smallest absolute Gasteiger partial charge is 0.269 e. The van der Waals surface area contributed by atoms with Crippen molar-refractivity contribution in [3.05, 3.63) is 64.1 Å². The van der Waals surface area contributed by atoms with Crippen LogP contribution in [0.25, 0.3) is 6.08 Å². The van der Waals surface area contributed by atoms with Gasteiger partial charge in [0.2, 0.25) is 5.91 Å². The van der Waals surface area contributed by atoms with E-state index in [4.69, 9.17) is 21.7 Å². The van der Waals surface area contributed by atoms with Crippen molar-refractivity contribution >= 4 is 52.1 Å². The molecule has 0 aromatic heterocycles. The topological polar surface area (TPSA) is 97.0 Å². The number of carbonyl (C=O) groups excluding carboxylic acids is 3. The fourth-order valence-electron chi connectivity index (χ4n) is 3.60. The number of thiocarbonyl (C=S) groups is 1. The molecule has 0 saturated carbocycles. The normalized spacial score (nSPS) is 14.2. The molecule has 3 amide bonds. The molecule has 190 valence electrons. The molecule has 0 atom stereocenters. The van der Waals surface area contributed by atoms with Crippen molar-refractivity contribution in [1.82, 2.24) is 15.8 Å². The molecule has 36 heavy (non-hydrogen) atoms. The van der Waals surface area contributed by atoms with E-state index in [9.17, 15) is 14.4 Å². The first-order chi connectivity index (χ1) is 17.3. The second-order valence-electron chi connectivity index (χ2n) is 8.08. The lowest BCUT2D eigenvalue weighted by Gasteiger charge is -2.14. The maximum atomic E-state index is 12.8. The molecule has 0 spiro atoms. The Labute approximate surface area is 220 Å². The molecular formula is C26H29N3O5S2. The molecule has 0 radical (unpaired) electrons. The molecule has 1 aliphatic rings. The molecule has 0 unspecified atom stereocenters. The van der Waals surface area contributed by atoms with Crippen LogP contribution in [0.4, 0.5) is 0 Å². The van der Waals surface area contributed by atoms with Gasteiger partial charge in [-0.15, -0.1) is 0 Å². The summed E-state index contributed by atoms with van der Waals surface area (Å²) in [4.78, 5) is 39.2. The molecule has 2 aromatic rings. The van der Waals surface area contributed by atoms with Crippen LogP contribution < -0.4 is 20.3 Å². The minimum Gasteiger partial charge on any atom is -0.493 e. The Balaban J connectivity index is 1.41. The summed E-state index contributed by atoms with van der Waals surface area (Å²) in [6.45, 7) is 2.32. The van der Waals surface area contributed by atoms with E-state index in [0.29, 0.717) is 45.7 Å². The number of aryl methyl sites for hydroxylation is 1. The Hall–Kier alpha value is -3.37. The van der Waals surface area contributed by atoms with E-state index in [1.807, 2.05) is 25.1 Å². The van der Waals surface area contributed by atoms with Gasteiger partial charge >= 0.3 is 0 Å². The van der Waals surface area contributed by atoms with Crippen LogP contribution in [0.3, 0.4) is 0 Å². The van der Waals surface area contributed by atoms with Crippen molar-refractivity contribution in [3.8, 4) is 11.5 Å². The summed E-state index contributed by atoms with van der Waals surface area (Å²) in [7, 11) is 3.13. The summed E-state index contributed by atoms with van der Waals surface area (Å²) in [5, 5.41) is 0. The zero-order valence-corrected chi connectivity index (χ0v) is 22.1. The summed E-state index contributed by atoms with van der Waals surface area (Å²) in [6, 6.07) is 12.6. The summed E-state index contributed by atoms with van der Waals surface area (Å²) in [5.74, 6) is 0.457. The number of ether oxygens (including phenoxy) is 2. The molecule has 1 aliphatic heterocycles. The predicted octanol–water partition coefficient (Wildman–Crippen LogP) is 4.24. The van der Waals surface area contributed by atoms with Crippen LogP contribution in [0.15, 0.2) is 47.4 Å². The first kappa shape index (κ1) is 27.2. The van der Waals surface area contributed by atoms with E-state index in [1.54, 1.807) is 49.5 Å². The Morgan fingerprint density at radius 1 is 1.03 bits per heavy atom. The lowest BCUT2D eigenvalue weighted by Crippen LogP contribution is -2.41. The van der Waals surface area contributed by atoms with Gasteiger partial charge in [0.15, 0.2) is 11.5 Å². The van der Waals surface area contributed by atoms with E-state index >= 15 is 0 Å². The molecule has 0 aliphatic carbocycles. The van der Waals surface area contributed by atoms with Crippen molar-refractivity contribution in [2.45, 2.75) is 32.6 Å². The first-order valence-electron chi connectivity index (χ1n) is 11.5. The SMILES string of the molecule is COc1ccc(/C=C2\SC(=S)N(CCCCCC(=O)NNC(=O)c3ccccc3C)C2=O)cc1OC. The second kappa shape index (κ2) is 13.1. The molecule has 3 rings (SSSR count). The molecule has 2 N–H and O–H groups in total. The van der Waals surface area contributed by atoms with Crippen molar-refractivity contribution in [2.24, 2.45) is 0 Å². The Kier molecular flexibility index (Phi) is 9.89.